The highest BCUT2D eigenvalue weighted by atomic mass is 16.3. The van der Waals surface area contributed by atoms with Crippen LogP contribution in [0.3, 0.4) is 0 Å². The molecule has 3 heteroatoms. The number of nitrogens with two attached hydrogens (primary N) is 1. The van der Waals surface area contributed by atoms with Gasteiger partial charge in [0.25, 0.3) is 0 Å². The Kier molecular flexibility index (Phi) is 6.08. The molecule has 0 bridgehead atoms. The summed E-state index contributed by atoms with van der Waals surface area (Å²) < 4.78 is 0. The molecule has 0 fully saturated rings. The fourth-order valence-electron chi connectivity index (χ4n) is 1.68. The van der Waals surface area contributed by atoms with E-state index < -0.39 is 0 Å². The van der Waals surface area contributed by atoms with Gasteiger partial charge in [0.05, 0.1) is 6.61 Å². The summed E-state index contributed by atoms with van der Waals surface area (Å²) in [6.07, 6.45) is 0.969. The van der Waals surface area contributed by atoms with Crippen molar-refractivity contribution < 1.29 is 5.11 Å². The third kappa shape index (κ3) is 4.31. The van der Waals surface area contributed by atoms with Crippen molar-refractivity contribution in [1.82, 2.24) is 4.90 Å². The van der Waals surface area contributed by atoms with Crippen LogP contribution in [0.5, 0.6) is 0 Å². The Morgan fingerprint density at radius 3 is 2.56 bits per heavy atom. The van der Waals surface area contributed by atoms with Gasteiger partial charge in [-0.25, -0.2) is 0 Å². The molecule has 0 aliphatic rings. The Hall–Kier alpha value is -0.900. The average Bonchev–Trinajstić information content (AvgIpc) is 2.34. The lowest BCUT2D eigenvalue weighted by molar-refractivity contribution is 0.127. The van der Waals surface area contributed by atoms with E-state index in [9.17, 15) is 5.11 Å². The molecule has 1 atom stereocenters. The molecule has 3 nitrogen and oxygen atoms in total. The van der Waals surface area contributed by atoms with Crippen molar-refractivity contribution in [3.8, 4) is 0 Å². The van der Waals surface area contributed by atoms with Crippen molar-refractivity contribution in [1.29, 1.82) is 0 Å². The quantitative estimate of drug-likeness (QED) is 0.729. The number of hydrogen-bond donors (Lipinski definition) is 2. The molecule has 0 radical (unpaired) electrons. The standard InChI is InChI=1S/C13H22N2O/c1-12(11-16)15(9-5-8-14)10-13-6-3-2-4-7-13/h2-4,6-7,12,16H,5,8-11,14H2,1H3. The van der Waals surface area contributed by atoms with Gasteiger partial charge in [-0.05, 0) is 25.5 Å². The van der Waals surface area contributed by atoms with Crippen LogP contribution >= 0.6 is 0 Å². The first-order valence-corrected chi connectivity index (χ1v) is 5.86. The molecule has 3 N–H and O–H groups in total. The van der Waals surface area contributed by atoms with Crippen molar-refractivity contribution in [2.24, 2.45) is 5.73 Å². The highest BCUT2D eigenvalue weighted by molar-refractivity contribution is 5.14. The van der Waals surface area contributed by atoms with E-state index in [2.05, 4.69) is 17.0 Å². The summed E-state index contributed by atoms with van der Waals surface area (Å²) in [6.45, 7) is 4.75. The van der Waals surface area contributed by atoms with E-state index >= 15 is 0 Å². The van der Waals surface area contributed by atoms with E-state index in [0.29, 0.717) is 6.54 Å². The van der Waals surface area contributed by atoms with Crippen LogP contribution in [0.4, 0.5) is 0 Å². The highest BCUT2D eigenvalue weighted by Gasteiger charge is 2.12. The van der Waals surface area contributed by atoms with Gasteiger partial charge in [0.1, 0.15) is 0 Å². The van der Waals surface area contributed by atoms with Crippen molar-refractivity contribution in [3.05, 3.63) is 35.9 Å². The summed E-state index contributed by atoms with van der Waals surface area (Å²) in [5.74, 6) is 0. The third-order valence-corrected chi connectivity index (χ3v) is 2.77. The van der Waals surface area contributed by atoms with Gasteiger partial charge in [-0.1, -0.05) is 30.3 Å². The van der Waals surface area contributed by atoms with Crippen LogP contribution in [-0.2, 0) is 6.54 Å². The predicted molar refractivity (Wildman–Crippen MR) is 67.1 cm³/mol. The second-order valence-corrected chi connectivity index (χ2v) is 4.13. The Balaban J connectivity index is 2.56. The monoisotopic (exact) mass is 222 g/mol. The third-order valence-electron chi connectivity index (χ3n) is 2.77. The Morgan fingerprint density at radius 1 is 1.31 bits per heavy atom. The summed E-state index contributed by atoms with van der Waals surface area (Å²) in [4.78, 5) is 2.27. The molecule has 1 unspecified atom stereocenters. The smallest absolute Gasteiger partial charge is 0.0584 e. The second kappa shape index (κ2) is 7.39. The maximum atomic E-state index is 9.21. The maximum absolute atomic E-state index is 9.21. The van der Waals surface area contributed by atoms with Crippen LogP contribution < -0.4 is 5.73 Å². The van der Waals surface area contributed by atoms with E-state index in [1.807, 2.05) is 25.1 Å². The van der Waals surface area contributed by atoms with Crippen LogP contribution in [0.1, 0.15) is 18.9 Å². The first kappa shape index (κ1) is 13.2. The number of aliphatic hydroxyl groups excluding tert-OH is 1. The predicted octanol–water partition coefficient (Wildman–Crippen LogP) is 1.22. The minimum Gasteiger partial charge on any atom is -0.395 e. The molecular formula is C13H22N2O. The van der Waals surface area contributed by atoms with Crippen LogP contribution in [0.15, 0.2) is 30.3 Å². The SMILES string of the molecule is CC(CO)N(CCCN)Cc1ccccc1. The molecule has 1 aromatic rings. The van der Waals surface area contributed by atoms with Gasteiger partial charge in [0.2, 0.25) is 0 Å². The van der Waals surface area contributed by atoms with Gasteiger partial charge >= 0.3 is 0 Å². The van der Waals surface area contributed by atoms with E-state index in [4.69, 9.17) is 5.73 Å². The molecular weight excluding hydrogens is 200 g/mol. The highest BCUT2D eigenvalue weighted by Crippen LogP contribution is 2.08. The number of hydrogen-bond acceptors (Lipinski definition) is 3. The minimum absolute atomic E-state index is 0.187. The van der Waals surface area contributed by atoms with E-state index in [-0.39, 0.29) is 12.6 Å². The van der Waals surface area contributed by atoms with Crippen molar-refractivity contribution in [2.45, 2.75) is 25.9 Å². The van der Waals surface area contributed by atoms with Crippen molar-refractivity contribution in [2.75, 3.05) is 19.7 Å². The molecule has 0 spiro atoms. The number of nitrogens with zero attached hydrogens (tertiary/aromatic N) is 1. The molecule has 1 rings (SSSR count). The Bertz CT molecular complexity index is 277. The molecule has 0 aromatic heterocycles. The molecule has 0 saturated carbocycles. The fraction of sp³-hybridized carbons (Fsp3) is 0.538. The molecule has 0 heterocycles. The van der Waals surface area contributed by atoms with Gasteiger partial charge < -0.3 is 10.8 Å². The van der Waals surface area contributed by atoms with Crippen LogP contribution in [0.2, 0.25) is 0 Å². The zero-order chi connectivity index (χ0) is 11.8. The molecule has 90 valence electrons. The fourth-order valence-corrected chi connectivity index (χ4v) is 1.68. The van der Waals surface area contributed by atoms with Gasteiger partial charge in [0.15, 0.2) is 0 Å². The summed E-state index contributed by atoms with van der Waals surface area (Å²) in [5.41, 5.74) is 6.80. The lowest BCUT2D eigenvalue weighted by Crippen LogP contribution is -2.36. The van der Waals surface area contributed by atoms with Gasteiger partial charge in [0, 0.05) is 19.1 Å². The number of benzene rings is 1. The number of rotatable bonds is 7. The topological polar surface area (TPSA) is 49.5 Å². The Morgan fingerprint density at radius 2 is 2.00 bits per heavy atom. The lowest BCUT2D eigenvalue weighted by Gasteiger charge is -2.27. The summed E-state index contributed by atoms with van der Waals surface area (Å²) >= 11 is 0. The lowest BCUT2D eigenvalue weighted by atomic mass is 10.1. The zero-order valence-electron chi connectivity index (χ0n) is 9.97. The first-order valence-electron chi connectivity index (χ1n) is 5.86. The molecule has 0 amide bonds. The van der Waals surface area contributed by atoms with Gasteiger partial charge in [-0.2, -0.15) is 0 Å². The molecule has 0 saturated heterocycles. The zero-order valence-corrected chi connectivity index (χ0v) is 9.97. The van der Waals surface area contributed by atoms with E-state index in [0.717, 1.165) is 19.5 Å². The largest absolute Gasteiger partial charge is 0.395 e. The first-order chi connectivity index (χ1) is 7.77. The van der Waals surface area contributed by atoms with E-state index in [1.54, 1.807) is 0 Å². The Labute approximate surface area is 97.9 Å². The van der Waals surface area contributed by atoms with Crippen molar-refractivity contribution in [3.63, 3.8) is 0 Å². The van der Waals surface area contributed by atoms with E-state index in [1.165, 1.54) is 5.56 Å². The maximum Gasteiger partial charge on any atom is 0.0584 e. The van der Waals surface area contributed by atoms with Crippen LogP contribution in [0, 0.1) is 0 Å². The summed E-state index contributed by atoms with van der Waals surface area (Å²) in [5, 5.41) is 9.21. The normalized spacial score (nSPS) is 13.0. The summed E-state index contributed by atoms with van der Waals surface area (Å²) in [6, 6.07) is 10.5. The second-order valence-electron chi connectivity index (χ2n) is 4.13. The van der Waals surface area contributed by atoms with Gasteiger partial charge in [-0.3, -0.25) is 4.90 Å². The van der Waals surface area contributed by atoms with Crippen molar-refractivity contribution >= 4 is 0 Å². The molecule has 16 heavy (non-hydrogen) atoms. The summed E-state index contributed by atoms with van der Waals surface area (Å²) in [7, 11) is 0. The average molecular weight is 222 g/mol. The van der Waals surface area contributed by atoms with Crippen LogP contribution in [0.25, 0.3) is 0 Å². The molecule has 0 aliphatic heterocycles. The molecule has 1 aromatic carbocycles. The molecule has 0 aliphatic carbocycles. The number of aliphatic hydroxyl groups is 1. The van der Waals surface area contributed by atoms with Crippen LogP contribution in [-0.4, -0.2) is 35.7 Å². The minimum atomic E-state index is 0.187. The van der Waals surface area contributed by atoms with Gasteiger partial charge in [-0.15, -0.1) is 0 Å².